The van der Waals surface area contributed by atoms with E-state index in [0.717, 1.165) is 31.2 Å². The van der Waals surface area contributed by atoms with Crippen molar-refractivity contribution in [2.75, 3.05) is 0 Å². The van der Waals surface area contributed by atoms with E-state index in [2.05, 4.69) is 15.3 Å². The molecule has 0 aromatic carbocycles. The van der Waals surface area contributed by atoms with E-state index in [1.807, 2.05) is 41.1 Å². The van der Waals surface area contributed by atoms with Gasteiger partial charge in [0.25, 0.3) is 5.91 Å². The summed E-state index contributed by atoms with van der Waals surface area (Å²) in [5, 5.41) is 3.62. The molecule has 3 aromatic rings. The van der Waals surface area contributed by atoms with Gasteiger partial charge in [-0.05, 0) is 43.9 Å². The van der Waals surface area contributed by atoms with Crippen molar-refractivity contribution in [2.45, 2.75) is 37.8 Å². The summed E-state index contributed by atoms with van der Waals surface area (Å²) in [4.78, 5) is 20.6. The van der Waals surface area contributed by atoms with E-state index in [4.69, 9.17) is 16.3 Å². The van der Waals surface area contributed by atoms with E-state index in [-0.39, 0.29) is 18.1 Å². The molecule has 0 bridgehead atoms. The fraction of sp³-hybridized carbons (Fsp3) is 0.316. The average Bonchev–Trinajstić information content (AvgIpc) is 3.10. The van der Waals surface area contributed by atoms with Crippen LogP contribution in [0.2, 0.25) is 5.02 Å². The SMILES string of the molecule is O=C(NC1CCC(Oc2ncc(Cl)cn2)CC1)c1cc2ccccn2c1. The molecule has 1 amide bonds. The van der Waals surface area contributed by atoms with Gasteiger partial charge in [-0.2, -0.15) is 0 Å². The summed E-state index contributed by atoms with van der Waals surface area (Å²) in [5.74, 6) is -0.0286. The Hall–Kier alpha value is -2.60. The normalized spacial score (nSPS) is 20.0. The van der Waals surface area contributed by atoms with Crippen LogP contribution in [0, 0.1) is 0 Å². The number of aromatic nitrogens is 3. The molecule has 0 radical (unpaired) electrons. The summed E-state index contributed by atoms with van der Waals surface area (Å²) in [7, 11) is 0. The Bertz CT molecular complexity index is 868. The summed E-state index contributed by atoms with van der Waals surface area (Å²) in [5.41, 5.74) is 1.70. The Morgan fingerprint density at radius 1 is 1.19 bits per heavy atom. The van der Waals surface area contributed by atoms with Crippen LogP contribution in [-0.4, -0.2) is 32.4 Å². The monoisotopic (exact) mass is 370 g/mol. The second kappa shape index (κ2) is 7.33. The molecule has 0 aliphatic heterocycles. The van der Waals surface area contributed by atoms with Crippen LogP contribution in [0.15, 0.2) is 49.1 Å². The molecule has 0 spiro atoms. The maximum atomic E-state index is 12.5. The molecule has 134 valence electrons. The molecule has 3 heterocycles. The van der Waals surface area contributed by atoms with E-state index in [9.17, 15) is 4.79 Å². The molecule has 0 atom stereocenters. The third-order valence-corrected chi connectivity index (χ3v) is 4.84. The zero-order valence-corrected chi connectivity index (χ0v) is 14.9. The highest BCUT2D eigenvalue weighted by molar-refractivity contribution is 6.30. The third kappa shape index (κ3) is 3.80. The first-order chi connectivity index (χ1) is 12.7. The Kier molecular flexibility index (Phi) is 4.75. The number of carbonyl (C=O) groups is 1. The van der Waals surface area contributed by atoms with Gasteiger partial charge in [0.15, 0.2) is 0 Å². The highest BCUT2D eigenvalue weighted by atomic mass is 35.5. The van der Waals surface area contributed by atoms with E-state index < -0.39 is 0 Å². The van der Waals surface area contributed by atoms with Gasteiger partial charge in [0, 0.05) is 24.0 Å². The van der Waals surface area contributed by atoms with Crippen molar-refractivity contribution >= 4 is 23.0 Å². The number of pyridine rings is 1. The van der Waals surface area contributed by atoms with Gasteiger partial charge in [0.1, 0.15) is 6.10 Å². The van der Waals surface area contributed by atoms with Crippen molar-refractivity contribution in [1.29, 1.82) is 0 Å². The first kappa shape index (κ1) is 16.8. The third-order valence-electron chi connectivity index (χ3n) is 4.64. The van der Waals surface area contributed by atoms with Crippen LogP contribution in [0.25, 0.3) is 5.52 Å². The van der Waals surface area contributed by atoms with Crippen molar-refractivity contribution in [3.8, 4) is 6.01 Å². The van der Waals surface area contributed by atoms with Crippen LogP contribution in [0.5, 0.6) is 6.01 Å². The van der Waals surface area contributed by atoms with E-state index >= 15 is 0 Å². The molecule has 7 heteroatoms. The molecule has 1 saturated carbocycles. The number of nitrogens with zero attached hydrogens (tertiary/aromatic N) is 3. The van der Waals surface area contributed by atoms with Gasteiger partial charge in [-0.25, -0.2) is 9.97 Å². The lowest BCUT2D eigenvalue weighted by Crippen LogP contribution is -2.39. The van der Waals surface area contributed by atoms with Crippen LogP contribution >= 0.6 is 11.6 Å². The largest absolute Gasteiger partial charge is 0.460 e. The Balaban J connectivity index is 1.30. The fourth-order valence-corrected chi connectivity index (χ4v) is 3.38. The van der Waals surface area contributed by atoms with Crippen molar-refractivity contribution in [3.05, 3.63) is 59.6 Å². The van der Waals surface area contributed by atoms with E-state index in [1.165, 1.54) is 12.4 Å². The molecule has 1 aliphatic carbocycles. The smallest absolute Gasteiger partial charge is 0.316 e. The summed E-state index contributed by atoms with van der Waals surface area (Å²) >= 11 is 5.78. The molecule has 1 fully saturated rings. The molecular weight excluding hydrogens is 352 g/mol. The summed E-state index contributed by atoms with van der Waals surface area (Å²) < 4.78 is 7.74. The lowest BCUT2D eigenvalue weighted by Gasteiger charge is -2.28. The van der Waals surface area contributed by atoms with Crippen molar-refractivity contribution in [2.24, 2.45) is 0 Å². The number of nitrogens with one attached hydrogen (secondary N) is 1. The second-order valence-electron chi connectivity index (χ2n) is 6.51. The number of rotatable bonds is 4. The van der Waals surface area contributed by atoms with Gasteiger partial charge >= 0.3 is 6.01 Å². The van der Waals surface area contributed by atoms with Gasteiger partial charge in [0.05, 0.1) is 23.0 Å². The minimum atomic E-state index is -0.0286. The lowest BCUT2D eigenvalue weighted by molar-refractivity contribution is 0.0885. The van der Waals surface area contributed by atoms with E-state index in [1.54, 1.807) is 0 Å². The number of amides is 1. The van der Waals surface area contributed by atoms with Crippen molar-refractivity contribution < 1.29 is 9.53 Å². The topological polar surface area (TPSA) is 68.5 Å². The molecular formula is C19H19ClN4O2. The van der Waals surface area contributed by atoms with Crippen molar-refractivity contribution in [1.82, 2.24) is 19.7 Å². The number of halogens is 1. The molecule has 3 aromatic heterocycles. The Morgan fingerprint density at radius 2 is 1.96 bits per heavy atom. The number of carbonyl (C=O) groups excluding carboxylic acids is 1. The first-order valence-electron chi connectivity index (χ1n) is 8.69. The molecule has 1 aliphatic rings. The van der Waals surface area contributed by atoms with Gasteiger partial charge in [0.2, 0.25) is 0 Å². The van der Waals surface area contributed by atoms with Gasteiger partial charge in [-0.1, -0.05) is 17.7 Å². The summed E-state index contributed by atoms with van der Waals surface area (Å²) in [6, 6.07) is 8.31. The molecule has 26 heavy (non-hydrogen) atoms. The number of fused-ring (bicyclic) bond motifs is 1. The molecule has 1 N–H and O–H groups in total. The van der Waals surface area contributed by atoms with E-state index in [0.29, 0.717) is 16.6 Å². The minimum absolute atomic E-state index is 0.0286. The van der Waals surface area contributed by atoms with Crippen LogP contribution in [0.3, 0.4) is 0 Å². The predicted octanol–water partition coefficient (Wildman–Crippen LogP) is 3.50. The standard InChI is InChI=1S/C19H19ClN4O2/c20-14-10-21-19(22-11-14)26-17-6-4-15(5-7-17)23-18(25)13-9-16-3-1-2-8-24(16)12-13/h1-3,8-12,15,17H,4-7H2,(H,23,25). The minimum Gasteiger partial charge on any atom is -0.460 e. The first-order valence-corrected chi connectivity index (χ1v) is 9.07. The van der Waals surface area contributed by atoms with Gasteiger partial charge < -0.3 is 14.5 Å². The number of hydrogen-bond acceptors (Lipinski definition) is 4. The van der Waals surface area contributed by atoms with Crippen LogP contribution < -0.4 is 10.1 Å². The average molecular weight is 371 g/mol. The Labute approximate surface area is 156 Å². The zero-order valence-electron chi connectivity index (χ0n) is 14.1. The van der Waals surface area contributed by atoms with Crippen LogP contribution in [-0.2, 0) is 0 Å². The van der Waals surface area contributed by atoms with Crippen molar-refractivity contribution in [3.63, 3.8) is 0 Å². The summed E-state index contributed by atoms with van der Waals surface area (Å²) in [6.07, 6.45) is 10.4. The molecule has 6 nitrogen and oxygen atoms in total. The number of hydrogen-bond donors (Lipinski definition) is 1. The maximum absolute atomic E-state index is 12.5. The highest BCUT2D eigenvalue weighted by Crippen LogP contribution is 2.23. The predicted molar refractivity (Wildman–Crippen MR) is 98.6 cm³/mol. The Morgan fingerprint density at radius 3 is 2.69 bits per heavy atom. The highest BCUT2D eigenvalue weighted by Gasteiger charge is 2.24. The zero-order chi connectivity index (χ0) is 17.9. The number of ether oxygens (including phenoxy) is 1. The quantitative estimate of drug-likeness (QED) is 0.763. The maximum Gasteiger partial charge on any atom is 0.316 e. The fourth-order valence-electron chi connectivity index (χ4n) is 3.28. The van der Waals surface area contributed by atoms with Gasteiger partial charge in [-0.15, -0.1) is 0 Å². The molecule has 0 saturated heterocycles. The summed E-state index contributed by atoms with van der Waals surface area (Å²) in [6.45, 7) is 0. The molecule has 4 rings (SSSR count). The molecule has 0 unspecified atom stereocenters. The van der Waals surface area contributed by atoms with Crippen LogP contribution in [0.4, 0.5) is 0 Å². The van der Waals surface area contributed by atoms with Gasteiger partial charge in [-0.3, -0.25) is 4.79 Å². The lowest BCUT2D eigenvalue weighted by atomic mass is 9.93. The van der Waals surface area contributed by atoms with Crippen LogP contribution in [0.1, 0.15) is 36.0 Å². The second-order valence-corrected chi connectivity index (χ2v) is 6.95.